The van der Waals surface area contributed by atoms with Crippen molar-refractivity contribution in [2.24, 2.45) is 0 Å². The highest BCUT2D eigenvalue weighted by molar-refractivity contribution is 5.95. The van der Waals surface area contributed by atoms with E-state index in [2.05, 4.69) is 9.55 Å². The van der Waals surface area contributed by atoms with Crippen molar-refractivity contribution in [3.63, 3.8) is 0 Å². The maximum absolute atomic E-state index is 12.9. The zero-order chi connectivity index (χ0) is 17.8. The summed E-state index contributed by atoms with van der Waals surface area (Å²) >= 11 is 0. The molecule has 1 aromatic heterocycles. The molecule has 0 aliphatic carbocycles. The Balaban J connectivity index is 1.77. The minimum atomic E-state index is 0.0313. The van der Waals surface area contributed by atoms with Crippen molar-refractivity contribution in [1.29, 1.82) is 0 Å². The average Bonchev–Trinajstić information content (AvgIpc) is 3.08. The molecule has 0 saturated carbocycles. The zero-order valence-corrected chi connectivity index (χ0v) is 15.1. The van der Waals surface area contributed by atoms with E-state index in [0.29, 0.717) is 30.2 Å². The van der Waals surface area contributed by atoms with Gasteiger partial charge < -0.3 is 18.9 Å². The van der Waals surface area contributed by atoms with Crippen molar-refractivity contribution in [1.82, 2.24) is 14.5 Å². The number of carbonyl (C=O) groups excluding carboxylic acids is 1. The highest BCUT2D eigenvalue weighted by Gasteiger charge is 2.26. The number of likely N-dealkylation sites (tertiary alicyclic amines) is 1. The van der Waals surface area contributed by atoms with Gasteiger partial charge >= 0.3 is 0 Å². The van der Waals surface area contributed by atoms with Crippen LogP contribution in [0.5, 0.6) is 11.5 Å². The Bertz CT molecular complexity index is 741. The Morgan fingerprint density at radius 2 is 2.20 bits per heavy atom. The Hall–Kier alpha value is -2.50. The highest BCUT2D eigenvalue weighted by Crippen LogP contribution is 2.30. The van der Waals surface area contributed by atoms with E-state index in [1.807, 2.05) is 37.2 Å². The number of hydrogen-bond acceptors (Lipinski definition) is 4. The van der Waals surface area contributed by atoms with Gasteiger partial charge in [0.1, 0.15) is 5.82 Å². The van der Waals surface area contributed by atoms with Crippen LogP contribution in [0.25, 0.3) is 0 Å². The van der Waals surface area contributed by atoms with Crippen LogP contribution < -0.4 is 9.47 Å². The van der Waals surface area contributed by atoms with Gasteiger partial charge in [-0.15, -0.1) is 0 Å². The molecular formula is C19H25N3O3. The maximum atomic E-state index is 12.9. The first-order valence-electron chi connectivity index (χ1n) is 8.73. The Kier molecular flexibility index (Phi) is 5.26. The molecule has 0 bridgehead atoms. The van der Waals surface area contributed by atoms with Crippen LogP contribution in [0.3, 0.4) is 0 Å². The second-order valence-corrected chi connectivity index (χ2v) is 6.23. The second kappa shape index (κ2) is 7.59. The van der Waals surface area contributed by atoms with E-state index in [-0.39, 0.29) is 11.9 Å². The number of nitrogens with zero attached hydrogens (tertiary/aromatic N) is 3. The van der Waals surface area contributed by atoms with Gasteiger partial charge in [-0.1, -0.05) is 0 Å². The van der Waals surface area contributed by atoms with E-state index >= 15 is 0 Å². The summed E-state index contributed by atoms with van der Waals surface area (Å²) in [5, 5.41) is 0. The number of methoxy groups -OCH3 is 1. The van der Waals surface area contributed by atoms with Gasteiger partial charge in [-0.3, -0.25) is 4.79 Å². The van der Waals surface area contributed by atoms with Crippen LogP contribution in [0.2, 0.25) is 0 Å². The average molecular weight is 343 g/mol. The molecule has 1 fully saturated rings. The summed E-state index contributed by atoms with van der Waals surface area (Å²) in [6, 6.07) is 5.66. The summed E-state index contributed by atoms with van der Waals surface area (Å²) in [4.78, 5) is 19.2. The molecule has 1 aliphatic heterocycles. The number of piperidine rings is 1. The van der Waals surface area contributed by atoms with E-state index in [4.69, 9.17) is 9.47 Å². The van der Waals surface area contributed by atoms with E-state index in [1.165, 1.54) is 0 Å². The Labute approximate surface area is 148 Å². The lowest BCUT2D eigenvalue weighted by Gasteiger charge is -2.34. The van der Waals surface area contributed by atoms with Crippen molar-refractivity contribution in [3.05, 3.63) is 42.0 Å². The van der Waals surface area contributed by atoms with Crippen molar-refractivity contribution < 1.29 is 14.3 Å². The predicted octanol–water partition coefficient (Wildman–Crippen LogP) is 3.08. The molecule has 25 heavy (non-hydrogen) atoms. The van der Waals surface area contributed by atoms with Gasteiger partial charge in [0, 0.05) is 31.0 Å². The fourth-order valence-electron chi connectivity index (χ4n) is 3.40. The SMILES string of the molecule is CCOc1ccc(C(=O)N2CCC[C@H](n3ccnc3C)C2)cc1OC. The molecule has 134 valence electrons. The topological polar surface area (TPSA) is 56.6 Å². The van der Waals surface area contributed by atoms with Crippen molar-refractivity contribution >= 4 is 5.91 Å². The molecule has 6 heteroatoms. The number of benzene rings is 1. The second-order valence-electron chi connectivity index (χ2n) is 6.23. The standard InChI is InChI=1S/C19H25N3O3/c1-4-25-17-8-7-15(12-18(17)24-3)19(23)21-10-5-6-16(13-21)22-11-9-20-14(22)2/h7-9,11-12,16H,4-6,10,13H2,1-3H3/t16-/m0/s1. The zero-order valence-electron chi connectivity index (χ0n) is 15.1. The van der Waals surface area contributed by atoms with Crippen molar-refractivity contribution in [2.75, 3.05) is 26.8 Å². The number of amides is 1. The van der Waals surface area contributed by atoms with Crippen LogP contribution in [0.4, 0.5) is 0 Å². The van der Waals surface area contributed by atoms with Gasteiger partial charge in [-0.25, -0.2) is 4.98 Å². The van der Waals surface area contributed by atoms with Crippen LogP contribution in [-0.2, 0) is 0 Å². The van der Waals surface area contributed by atoms with Crippen LogP contribution in [0.1, 0.15) is 42.0 Å². The fraction of sp³-hybridized carbons (Fsp3) is 0.474. The monoisotopic (exact) mass is 343 g/mol. The molecule has 6 nitrogen and oxygen atoms in total. The summed E-state index contributed by atoms with van der Waals surface area (Å²) in [5.74, 6) is 2.27. The Morgan fingerprint density at radius 3 is 2.88 bits per heavy atom. The van der Waals surface area contributed by atoms with Crippen LogP contribution >= 0.6 is 0 Å². The molecule has 0 unspecified atom stereocenters. The number of rotatable bonds is 5. The van der Waals surface area contributed by atoms with E-state index < -0.39 is 0 Å². The van der Waals surface area contributed by atoms with E-state index in [1.54, 1.807) is 19.2 Å². The minimum absolute atomic E-state index is 0.0313. The predicted molar refractivity (Wildman–Crippen MR) is 95.3 cm³/mol. The minimum Gasteiger partial charge on any atom is -0.493 e. The first-order chi connectivity index (χ1) is 12.1. The molecule has 2 aromatic rings. The van der Waals surface area contributed by atoms with Crippen LogP contribution in [0.15, 0.2) is 30.6 Å². The number of hydrogen-bond donors (Lipinski definition) is 0. The third kappa shape index (κ3) is 3.62. The summed E-state index contributed by atoms with van der Waals surface area (Å²) in [6.45, 7) is 5.95. The molecule has 3 rings (SSSR count). The fourth-order valence-corrected chi connectivity index (χ4v) is 3.40. The summed E-state index contributed by atoms with van der Waals surface area (Å²) < 4.78 is 13.1. The van der Waals surface area contributed by atoms with Gasteiger partial charge in [0.2, 0.25) is 0 Å². The lowest BCUT2D eigenvalue weighted by atomic mass is 10.0. The van der Waals surface area contributed by atoms with Gasteiger partial charge in [0.15, 0.2) is 11.5 Å². The van der Waals surface area contributed by atoms with Crippen LogP contribution in [-0.4, -0.2) is 47.2 Å². The highest BCUT2D eigenvalue weighted by atomic mass is 16.5. The number of imidazole rings is 1. The molecular weight excluding hydrogens is 318 g/mol. The number of aryl methyl sites for hydroxylation is 1. The molecule has 2 heterocycles. The van der Waals surface area contributed by atoms with E-state index in [0.717, 1.165) is 25.2 Å². The third-order valence-electron chi connectivity index (χ3n) is 4.65. The first-order valence-corrected chi connectivity index (χ1v) is 8.73. The largest absolute Gasteiger partial charge is 0.493 e. The number of ether oxygens (including phenoxy) is 2. The van der Waals surface area contributed by atoms with Gasteiger partial charge in [-0.05, 0) is 44.9 Å². The molecule has 1 aliphatic rings. The van der Waals surface area contributed by atoms with E-state index in [9.17, 15) is 4.79 Å². The lowest BCUT2D eigenvalue weighted by molar-refractivity contribution is 0.0678. The molecule has 1 aromatic carbocycles. The molecule has 1 amide bonds. The first kappa shape index (κ1) is 17.3. The molecule has 0 N–H and O–H groups in total. The Morgan fingerprint density at radius 1 is 1.36 bits per heavy atom. The van der Waals surface area contributed by atoms with Gasteiger partial charge in [0.25, 0.3) is 5.91 Å². The molecule has 1 atom stereocenters. The maximum Gasteiger partial charge on any atom is 0.254 e. The summed E-state index contributed by atoms with van der Waals surface area (Å²) in [7, 11) is 1.59. The van der Waals surface area contributed by atoms with Crippen molar-refractivity contribution in [3.8, 4) is 11.5 Å². The summed E-state index contributed by atoms with van der Waals surface area (Å²) in [5.41, 5.74) is 0.628. The van der Waals surface area contributed by atoms with Gasteiger partial charge in [-0.2, -0.15) is 0 Å². The number of carbonyl (C=O) groups is 1. The third-order valence-corrected chi connectivity index (χ3v) is 4.65. The molecule has 1 saturated heterocycles. The van der Waals surface area contributed by atoms with Gasteiger partial charge in [0.05, 0.1) is 19.8 Å². The normalized spacial score (nSPS) is 17.4. The quantitative estimate of drug-likeness (QED) is 0.837. The molecule has 0 spiro atoms. The van der Waals surface area contributed by atoms with Crippen molar-refractivity contribution in [2.45, 2.75) is 32.7 Å². The molecule has 0 radical (unpaired) electrons. The summed E-state index contributed by atoms with van der Waals surface area (Å²) in [6.07, 6.45) is 5.86. The lowest BCUT2D eigenvalue weighted by Crippen LogP contribution is -2.40. The number of aromatic nitrogens is 2. The van der Waals surface area contributed by atoms with Crippen LogP contribution in [0, 0.1) is 6.92 Å². The smallest absolute Gasteiger partial charge is 0.254 e.